The molecule has 0 aliphatic heterocycles. The molecule has 0 spiro atoms. The Balaban J connectivity index is 2.14. The molecule has 0 aliphatic carbocycles. The second-order valence-electron chi connectivity index (χ2n) is 6.15. The summed E-state index contributed by atoms with van der Waals surface area (Å²) in [5.41, 5.74) is 0. The van der Waals surface area contributed by atoms with Crippen molar-refractivity contribution in [2.75, 3.05) is 26.9 Å². The van der Waals surface area contributed by atoms with Crippen LogP contribution in [-0.4, -0.2) is 38.1 Å². The Kier molecular flexibility index (Phi) is 12.2. The fraction of sp³-hybridized carbons (Fsp3) is 0.700. The molecule has 0 fully saturated rings. The second-order valence-corrected chi connectivity index (χ2v) is 6.15. The van der Waals surface area contributed by atoms with Crippen LogP contribution in [0.4, 0.5) is 0 Å². The number of methoxy groups -OCH3 is 1. The van der Waals surface area contributed by atoms with Crippen molar-refractivity contribution in [3.05, 3.63) is 24.3 Å². The van der Waals surface area contributed by atoms with Crippen LogP contribution < -0.4 is 9.47 Å². The van der Waals surface area contributed by atoms with Gasteiger partial charge in [0.05, 0.1) is 13.2 Å². The quantitative estimate of drug-likeness (QED) is 0.475. The molecule has 1 rings (SSSR count). The van der Waals surface area contributed by atoms with E-state index in [0.29, 0.717) is 6.61 Å². The number of rotatable bonds is 15. The van der Waals surface area contributed by atoms with E-state index in [1.807, 2.05) is 24.3 Å². The highest BCUT2D eigenvalue weighted by molar-refractivity contribution is 5.32. The summed E-state index contributed by atoms with van der Waals surface area (Å²) in [6.45, 7) is 3.27. The van der Waals surface area contributed by atoms with Crippen LogP contribution in [0.2, 0.25) is 0 Å². The molecule has 1 atom stereocenters. The van der Waals surface area contributed by atoms with Gasteiger partial charge in [0.1, 0.15) is 24.2 Å². The maximum atomic E-state index is 9.08. The SMILES string of the molecule is CCCCCCCCCCOc1cccc(OC[C@@H](CO)OC)c1. The average Bonchev–Trinajstić information content (AvgIpc) is 2.61. The lowest BCUT2D eigenvalue weighted by Gasteiger charge is -2.14. The molecule has 0 heterocycles. The lowest BCUT2D eigenvalue weighted by molar-refractivity contribution is 0.0163. The van der Waals surface area contributed by atoms with Crippen molar-refractivity contribution in [1.29, 1.82) is 0 Å². The van der Waals surface area contributed by atoms with Crippen molar-refractivity contribution < 1.29 is 19.3 Å². The number of hydrogen-bond acceptors (Lipinski definition) is 4. The molecule has 24 heavy (non-hydrogen) atoms. The van der Waals surface area contributed by atoms with Crippen LogP contribution in [0.5, 0.6) is 11.5 Å². The van der Waals surface area contributed by atoms with Gasteiger partial charge < -0.3 is 19.3 Å². The van der Waals surface area contributed by atoms with Gasteiger partial charge in [-0.1, -0.05) is 57.9 Å². The predicted molar refractivity (Wildman–Crippen MR) is 97.9 cm³/mol. The molecular formula is C20H34O4. The number of aliphatic hydroxyl groups excluding tert-OH is 1. The van der Waals surface area contributed by atoms with Crippen LogP contribution in [0, 0.1) is 0 Å². The van der Waals surface area contributed by atoms with Gasteiger partial charge in [0.25, 0.3) is 0 Å². The smallest absolute Gasteiger partial charge is 0.123 e. The zero-order chi connectivity index (χ0) is 17.5. The predicted octanol–water partition coefficient (Wildman–Crippen LogP) is 4.59. The summed E-state index contributed by atoms with van der Waals surface area (Å²) in [7, 11) is 1.56. The number of benzene rings is 1. The van der Waals surface area contributed by atoms with Crippen LogP contribution >= 0.6 is 0 Å². The van der Waals surface area contributed by atoms with Crippen molar-refractivity contribution in [3.63, 3.8) is 0 Å². The minimum absolute atomic E-state index is 0.0505. The molecule has 0 radical (unpaired) electrons. The van der Waals surface area contributed by atoms with Crippen molar-refractivity contribution in [3.8, 4) is 11.5 Å². The van der Waals surface area contributed by atoms with Gasteiger partial charge in [0.2, 0.25) is 0 Å². The molecule has 1 aromatic carbocycles. The highest BCUT2D eigenvalue weighted by Gasteiger charge is 2.06. The molecule has 4 nitrogen and oxygen atoms in total. The molecule has 1 aromatic rings. The molecule has 0 unspecified atom stereocenters. The van der Waals surface area contributed by atoms with Crippen LogP contribution in [0.25, 0.3) is 0 Å². The topological polar surface area (TPSA) is 47.9 Å². The van der Waals surface area contributed by atoms with E-state index in [4.69, 9.17) is 19.3 Å². The number of hydrogen-bond donors (Lipinski definition) is 1. The second kappa shape index (κ2) is 14.1. The Hall–Kier alpha value is -1.26. The Bertz CT molecular complexity index is 404. The molecule has 0 aliphatic rings. The van der Waals surface area contributed by atoms with Gasteiger partial charge in [-0.25, -0.2) is 0 Å². The summed E-state index contributed by atoms with van der Waals surface area (Å²) in [6.07, 6.45) is 10.1. The van der Waals surface area contributed by atoms with Gasteiger partial charge >= 0.3 is 0 Å². The summed E-state index contributed by atoms with van der Waals surface area (Å²) in [6, 6.07) is 7.62. The van der Waals surface area contributed by atoms with E-state index in [1.54, 1.807) is 7.11 Å². The van der Waals surface area contributed by atoms with Crippen molar-refractivity contribution in [2.24, 2.45) is 0 Å². The van der Waals surface area contributed by atoms with E-state index in [2.05, 4.69) is 6.92 Å². The molecule has 0 amide bonds. The van der Waals surface area contributed by atoms with Crippen LogP contribution in [0.3, 0.4) is 0 Å². The molecule has 0 saturated heterocycles. The highest BCUT2D eigenvalue weighted by Crippen LogP contribution is 2.20. The van der Waals surface area contributed by atoms with E-state index in [0.717, 1.165) is 24.5 Å². The van der Waals surface area contributed by atoms with E-state index in [9.17, 15) is 0 Å². The van der Waals surface area contributed by atoms with Gasteiger partial charge in [-0.3, -0.25) is 0 Å². The fourth-order valence-corrected chi connectivity index (χ4v) is 2.46. The molecule has 138 valence electrons. The van der Waals surface area contributed by atoms with Crippen LogP contribution in [-0.2, 0) is 4.74 Å². The van der Waals surface area contributed by atoms with E-state index >= 15 is 0 Å². The fourth-order valence-electron chi connectivity index (χ4n) is 2.46. The molecular weight excluding hydrogens is 304 g/mol. The third-order valence-corrected chi connectivity index (χ3v) is 4.04. The number of ether oxygens (including phenoxy) is 3. The zero-order valence-electron chi connectivity index (χ0n) is 15.3. The molecule has 4 heteroatoms. The molecule has 0 bridgehead atoms. The van der Waals surface area contributed by atoms with Crippen molar-refractivity contribution >= 4 is 0 Å². The van der Waals surface area contributed by atoms with E-state index in [-0.39, 0.29) is 12.7 Å². The maximum absolute atomic E-state index is 9.08. The van der Waals surface area contributed by atoms with Crippen molar-refractivity contribution in [1.82, 2.24) is 0 Å². The van der Waals surface area contributed by atoms with E-state index in [1.165, 1.54) is 44.9 Å². The minimum Gasteiger partial charge on any atom is -0.493 e. The molecule has 0 saturated carbocycles. The first kappa shape index (κ1) is 20.8. The zero-order valence-corrected chi connectivity index (χ0v) is 15.3. The summed E-state index contributed by atoms with van der Waals surface area (Å²) in [5, 5.41) is 9.08. The monoisotopic (exact) mass is 338 g/mol. The van der Waals surface area contributed by atoms with Gasteiger partial charge in [-0.2, -0.15) is 0 Å². The first-order valence-corrected chi connectivity index (χ1v) is 9.29. The Morgan fingerprint density at radius 1 is 0.917 bits per heavy atom. The van der Waals surface area contributed by atoms with Gasteiger partial charge in [0, 0.05) is 13.2 Å². The van der Waals surface area contributed by atoms with Crippen molar-refractivity contribution in [2.45, 2.75) is 64.4 Å². The first-order valence-electron chi connectivity index (χ1n) is 9.29. The largest absolute Gasteiger partial charge is 0.493 e. The van der Waals surface area contributed by atoms with Gasteiger partial charge in [0.15, 0.2) is 0 Å². The Morgan fingerprint density at radius 2 is 1.54 bits per heavy atom. The van der Waals surface area contributed by atoms with E-state index < -0.39 is 0 Å². The van der Waals surface area contributed by atoms with Crippen LogP contribution in [0.15, 0.2) is 24.3 Å². The van der Waals surface area contributed by atoms with Crippen LogP contribution in [0.1, 0.15) is 58.3 Å². The number of aliphatic hydroxyl groups is 1. The summed E-state index contributed by atoms with van der Waals surface area (Å²) in [4.78, 5) is 0. The lowest BCUT2D eigenvalue weighted by Crippen LogP contribution is -2.24. The first-order chi connectivity index (χ1) is 11.8. The third kappa shape index (κ3) is 9.78. The Morgan fingerprint density at radius 3 is 2.17 bits per heavy atom. The molecule has 0 aromatic heterocycles. The molecule has 1 N–H and O–H groups in total. The average molecular weight is 338 g/mol. The standard InChI is InChI=1S/C20H34O4/c1-3-4-5-6-7-8-9-10-14-23-18-12-11-13-19(15-18)24-17-20(16-21)22-2/h11-13,15,20-21H,3-10,14,16-17H2,1-2H3/t20-/m1/s1. The Labute approximate surface area is 147 Å². The summed E-state index contributed by atoms with van der Waals surface area (Å²) in [5.74, 6) is 1.56. The summed E-state index contributed by atoms with van der Waals surface area (Å²) < 4.78 is 16.5. The van der Waals surface area contributed by atoms with Gasteiger partial charge in [-0.05, 0) is 18.6 Å². The summed E-state index contributed by atoms with van der Waals surface area (Å²) >= 11 is 0. The lowest BCUT2D eigenvalue weighted by atomic mass is 10.1. The minimum atomic E-state index is -0.299. The highest BCUT2D eigenvalue weighted by atomic mass is 16.5. The maximum Gasteiger partial charge on any atom is 0.123 e. The van der Waals surface area contributed by atoms with Gasteiger partial charge in [-0.15, -0.1) is 0 Å². The normalized spacial score (nSPS) is 12.1. The third-order valence-electron chi connectivity index (χ3n) is 4.04. The number of unbranched alkanes of at least 4 members (excludes halogenated alkanes) is 7.